The Morgan fingerprint density at radius 3 is 2.36 bits per heavy atom. The predicted molar refractivity (Wildman–Crippen MR) is 114 cm³/mol. The van der Waals surface area contributed by atoms with Crippen LogP contribution >= 0.6 is 0 Å². The standard InChI is InChI=1S/C21H32O4.3CH4/c1-20-8-7-13(23)9-12(20)3-4-14-15-5-6-16(18(25)11-22)21(15,2)10-17(24)19(14)20;;;/h12-16,19,22-23H,3-11H2,1-2H3;3*1H4/t12?,13-,14+,15?,16-,19?,20+,21?;;;/m1.../s1. The molecule has 0 aromatic heterocycles. The Hall–Kier alpha value is -0.740. The maximum atomic E-state index is 13.3. The summed E-state index contributed by atoms with van der Waals surface area (Å²) in [5, 5.41) is 19.5. The molecule has 0 aliphatic heterocycles. The van der Waals surface area contributed by atoms with E-state index in [4.69, 9.17) is 0 Å². The van der Waals surface area contributed by atoms with Crippen molar-refractivity contribution >= 4 is 11.6 Å². The Morgan fingerprint density at radius 2 is 1.71 bits per heavy atom. The molecule has 0 aromatic rings. The molecule has 28 heavy (non-hydrogen) atoms. The van der Waals surface area contributed by atoms with Crippen molar-refractivity contribution in [3.8, 4) is 0 Å². The number of carbonyl (C=O) groups is 2. The number of aliphatic hydroxyl groups is 2. The summed E-state index contributed by atoms with van der Waals surface area (Å²) in [5.74, 6) is 1.52. The van der Waals surface area contributed by atoms with Crippen LogP contribution in [0.5, 0.6) is 0 Å². The molecular weight excluding hydrogens is 352 g/mol. The van der Waals surface area contributed by atoms with Gasteiger partial charge < -0.3 is 10.2 Å². The molecule has 2 N–H and O–H groups in total. The monoisotopic (exact) mass is 396 g/mol. The molecule has 4 saturated carbocycles. The molecule has 0 saturated heterocycles. The average Bonchev–Trinajstić information content (AvgIpc) is 2.91. The zero-order valence-electron chi connectivity index (χ0n) is 15.5. The Labute approximate surface area is 172 Å². The third-order valence-electron chi connectivity index (χ3n) is 8.87. The Morgan fingerprint density at radius 1 is 1.04 bits per heavy atom. The van der Waals surface area contributed by atoms with Gasteiger partial charge in [-0.2, -0.15) is 0 Å². The predicted octanol–water partition coefficient (Wildman–Crippen LogP) is 4.65. The highest BCUT2D eigenvalue weighted by Gasteiger charge is 2.63. The van der Waals surface area contributed by atoms with E-state index in [0.29, 0.717) is 30.0 Å². The third kappa shape index (κ3) is 3.39. The van der Waals surface area contributed by atoms with Gasteiger partial charge in [-0.15, -0.1) is 0 Å². The van der Waals surface area contributed by atoms with Crippen molar-refractivity contribution < 1.29 is 19.8 Å². The number of rotatable bonds is 2. The Bertz CT molecular complexity index is 587. The molecule has 4 fully saturated rings. The summed E-state index contributed by atoms with van der Waals surface area (Å²) in [6.45, 7) is 4.04. The summed E-state index contributed by atoms with van der Waals surface area (Å²) in [5.41, 5.74) is -0.227. The quantitative estimate of drug-likeness (QED) is 0.712. The normalized spacial score (nSPS) is 46.6. The molecule has 4 aliphatic rings. The smallest absolute Gasteiger partial charge is 0.161 e. The van der Waals surface area contributed by atoms with E-state index in [1.54, 1.807) is 0 Å². The van der Waals surface area contributed by atoms with E-state index in [9.17, 15) is 19.8 Å². The molecule has 8 atom stereocenters. The number of carbonyl (C=O) groups excluding carboxylic acids is 2. The Kier molecular flexibility index (Phi) is 7.73. The van der Waals surface area contributed by atoms with Crippen LogP contribution in [0, 0.1) is 40.4 Å². The molecule has 0 spiro atoms. The number of hydrogen-bond donors (Lipinski definition) is 2. The summed E-state index contributed by atoms with van der Waals surface area (Å²) < 4.78 is 0. The lowest BCUT2D eigenvalue weighted by molar-refractivity contribution is -0.162. The third-order valence-corrected chi connectivity index (χ3v) is 8.87. The van der Waals surface area contributed by atoms with Crippen molar-refractivity contribution in [3.63, 3.8) is 0 Å². The molecule has 164 valence electrons. The lowest BCUT2D eigenvalue weighted by Crippen LogP contribution is -2.58. The second kappa shape index (κ2) is 8.55. The van der Waals surface area contributed by atoms with Crippen LogP contribution in [-0.2, 0) is 9.59 Å². The van der Waals surface area contributed by atoms with Crippen molar-refractivity contribution in [2.24, 2.45) is 40.4 Å². The second-order valence-corrected chi connectivity index (χ2v) is 9.86. The van der Waals surface area contributed by atoms with Crippen molar-refractivity contribution in [2.45, 2.75) is 93.6 Å². The minimum atomic E-state index is -0.396. The van der Waals surface area contributed by atoms with Crippen molar-refractivity contribution in [2.75, 3.05) is 6.61 Å². The van der Waals surface area contributed by atoms with Gasteiger partial charge in [-0.05, 0) is 73.5 Å². The number of aliphatic hydroxyl groups excluding tert-OH is 2. The average molecular weight is 397 g/mol. The van der Waals surface area contributed by atoms with Gasteiger partial charge >= 0.3 is 0 Å². The van der Waals surface area contributed by atoms with Gasteiger partial charge in [-0.3, -0.25) is 9.59 Å². The summed E-state index contributed by atoms with van der Waals surface area (Å²) in [7, 11) is 0. The number of hydrogen-bond acceptors (Lipinski definition) is 4. The highest BCUT2D eigenvalue weighted by atomic mass is 16.3. The van der Waals surface area contributed by atoms with E-state index in [2.05, 4.69) is 13.8 Å². The number of Topliss-reactive ketones (excluding diaryl/α,β-unsaturated/α-hetero) is 2. The van der Waals surface area contributed by atoms with Crippen molar-refractivity contribution in [1.82, 2.24) is 0 Å². The molecule has 0 aromatic carbocycles. The summed E-state index contributed by atoms with van der Waals surface area (Å²) in [6, 6.07) is 0. The van der Waals surface area contributed by atoms with Crippen LogP contribution in [0.1, 0.15) is 87.5 Å². The summed E-state index contributed by atoms with van der Waals surface area (Å²) >= 11 is 0. The van der Waals surface area contributed by atoms with Crippen LogP contribution in [0.15, 0.2) is 0 Å². The van der Waals surface area contributed by atoms with E-state index in [1.807, 2.05) is 0 Å². The van der Waals surface area contributed by atoms with Crippen LogP contribution in [-0.4, -0.2) is 34.5 Å². The summed E-state index contributed by atoms with van der Waals surface area (Å²) in [6.07, 6.45) is 6.93. The van der Waals surface area contributed by atoms with Crippen LogP contribution in [0.3, 0.4) is 0 Å². The second-order valence-electron chi connectivity index (χ2n) is 9.86. The van der Waals surface area contributed by atoms with Gasteiger partial charge in [0, 0.05) is 18.3 Å². The fourth-order valence-corrected chi connectivity index (χ4v) is 7.69. The maximum absolute atomic E-state index is 13.3. The van der Waals surface area contributed by atoms with Gasteiger partial charge in [-0.1, -0.05) is 36.1 Å². The van der Waals surface area contributed by atoms with Crippen LogP contribution in [0.4, 0.5) is 0 Å². The van der Waals surface area contributed by atoms with Gasteiger partial charge in [0.15, 0.2) is 5.78 Å². The number of ketones is 2. The first-order valence-electron chi connectivity index (χ1n) is 10.2. The first-order chi connectivity index (χ1) is 11.8. The van der Waals surface area contributed by atoms with Crippen LogP contribution < -0.4 is 0 Å². The molecule has 4 aliphatic carbocycles. The minimum absolute atomic E-state index is 0. The van der Waals surface area contributed by atoms with E-state index >= 15 is 0 Å². The highest BCUT2D eigenvalue weighted by Crippen LogP contribution is 2.66. The molecule has 0 heterocycles. The van der Waals surface area contributed by atoms with E-state index < -0.39 is 6.61 Å². The first-order valence-corrected chi connectivity index (χ1v) is 10.2. The van der Waals surface area contributed by atoms with Crippen LogP contribution in [0.2, 0.25) is 0 Å². The van der Waals surface area contributed by atoms with E-state index in [0.717, 1.165) is 44.9 Å². The lowest BCUT2D eigenvalue weighted by atomic mass is 9.44. The lowest BCUT2D eigenvalue weighted by Gasteiger charge is -2.59. The molecular formula is C24H44O4. The van der Waals surface area contributed by atoms with Crippen LogP contribution in [0.25, 0.3) is 0 Å². The zero-order valence-corrected chi connectivity index (χ0v) is 15.5. The topological polar surface area (TPSA) is 74.6 Å². The SMILES string of the molecule is C.C.C.CC12CC(=O)C3[C@@H](CCC4C[C@H](O)CC[C@@]43C)C1CC[C@@H]2C(=O)CO. The van der Waals surface area contributed by atoms with Crippen molar-refractivity contribution in [3.05, 3.63) is 0 Å². The van der Waals surface area contributed by atoms with Crippen molar-refractivity contribution in [1.29, 1.82) is 0 Å². The molecule has 4 rings (SSSR count). The molecule has 4 heteroatoms. The Balaban J connectivity index is 0.00000131. The largest absolute Gasteiger partial charge is 0.393 e. The first kappa shape index (κ1) is 25.3. The molecule has 4 unspecified atom stereocenters. The molecule has 0 amide bonds. The van der Waals surface area contributed by atoms with Gasteiger partial charge in [0.05, 0.1) is 6.10 Å². The fourth-order valence-electron chi connectivity index (χ4n) is 7.69. The zero-order chi connectivity index (χ0) is 18.0. The molecule has 0 bridgehead atoms. The maximum Gasteiger partial charge on any atom is 0.161 e. The molecule has 0 radical (unpaired) electrons. The van der Waals surface area contributed by atoms with Gasteiger partial charge in [-0.25, -0.2) is 0 Å². The van der Waals surface area contributed by atoms with Gasteiger partial charge in [0.25, 0.3) is 0 Å². The highest BCUT2D eigenvalue weighted by molar-refractivity contribution is 5.88. The van der Waals surface area contributed by atoms with E-state index in [1.165, 1.54) is 0 Å². The minimum Gasteiger partial charge on any atom is -0.393 e. The fraction of sp³-hybridized carbons (Fsp3) is 0.917. The van der Waals surface area contributed by atoms with Gasteiger partial charge in [0.2, 0.25) is 0 Å². The van der Waals surface area contributed by atoms with Gasteiger partial charge in [0.1, 0.15) is 12.4 Å². The van der Waals surface area contributed by atoms with E-state index in [-0.39, 0.29) is 56.8 Å². The molecule has 4 nitrogen and oxygen atoms in total. The summed E-state index contributed by atoms with van der Waals surface area (Å²) in [4.78, 5) is 25.6. The number of fused-ring (bicyclic) bond motifs is 5.